The Bertz CT molecular complexity index is 342. The summed E-state index contributed by atoms with van der Waals surface area (Å²) in [6.07, 6.45) is 2.28. The maximum Gasteiger partial charge on any atom is 0.193 e. The van der Waals surface area contributed by atoms with Crippen LogP contribution in [0.3, 0.4) is 0 Å². The number of guanidine groups is 1. The minimum atomic E-state index is 0.265. The number of nitrogens with one attached hydrogen (secondary N) is 1. The summed E-state index contributed by atoms with van der Waals surface area (Å²) in [7, 11) is 0. The molecule has 3 heteroatoms. The van der Waals surface area contributed by atoms with E-state index in [1.54, 1.807) is 0 Å². The third-order valence-electron chi connectivity index (χ3n) is 3.12. The Morgan fingerprint density at radius 1 is 1.24 bits per heavy atom. The fraction of sp³-hybridized carbons (Fsp3) is 0.500. The van der Waals surface area contributed by atoms with Crippen LogP contribution in [0.5, 0.6) is 0 Å². The second kappa shape index (κ2) is 6.94. The maximum absolute atomic E-state index is 5.89. The number of anilines is 1. The fourth-order valence-electron chi connectivity index (χ4n) is 2.00. The number of para-hydroxylation sites is 1. The molecule has 0 radical (unpaired) electrons. The van der Waals surface area contributed by atoms with Crippen molar-refractivity contribution in [2.24, 2.45) is 16.6 Å². The molecule has 0 saturated heterocycles. The van der Waals surface area contributed by atoms with Crippen LogP contribution in [0.1, 0.15) is 33.6 Å². The van der Waals surface area contributed by atoms with Gasteiger partial charge in [-0.05, 0) is 25.0 Å². The lowest BCUT2D eigenvalue weighted by Crippen LogP contribution is -2.26. The van der Waals surface area contributed by atoms with E-state index < -0.39 is 0 Å². The van der Waals surface area contributed by atoms with Crippen molar-refractivity contribution >= 4 is 11.6 Å². The number of nitrogens with two attached hydrogens (primary N) is 1. The van der Waals surface area contributed by atoms with Crippen LogP contribution in [0.15, 0.2) is 35.3 Å². The van der Waals surface area contributed by atoms with E-state index in [-0.39, 0.29) is 6.04 Å². The van der Waals surface area contributed by atoms with Gasteiger partial charge in [-0.15, -0.1) is 0 Å². The highest BCUT2D eigenvalue weighted by Crippen LogP contribution is 2.15. The third kappa shape index (κ3) is 4.47. The SMILES string of the molecule is CCC(CC)C(C)N=C(N)Nc1ccccc1. The van der Waals surface area contributed by atoms with Crippen molar-refractivity contribution in [1.29, 1.82) is 0 Å². The van der Waals surface area contributed by atoms with Gasteiger partial charge in [0.05, 0.1) is 6.04 Å². The molecular weight excluding hydrogens is 210 g/mol. The van der Waals surface area contributed by atoms with E-state index in [4.69, 9.17) is 5.73 Å². The Morgan fingerprint density at radius 2 is 1.82 bits per heavy atom. The minimum absolute atomic E-state index is 0.265. The van der Waals surface area contributed by atoms with E-state index in [0.29, 0.717) is 11.9 Å². The molecule has 0 aromatic heterocycles. The highest BCUT2D eigenvalue weighted by atomic mass is 15.1. The molecule has 1 aromatic carbocycles. The van der Waals surface area contributed by atoms with E-state index in [1.165, 1.54) is 0 Å². The van der Waals surface area contributed by atoms with Gasteiger partial charge in [0, 0.05) is 5.69 Å². The summed E-state index contributed by atoms with van der Waals surface area (Å²) in [5.74, 6) is 1.10. The van der Waals surface area contributed by atoms with Gasteiger partial charge in [-0.2, -0.15) is 0 Å². The average Bonchev–Trinajstić information content (AvgIpc) is 2.31. The zero-order chi connectivity index (χ0) is 12.7. The molecule has 0 aliphatic heterocycles. The predicted octanol–water partition coefficient (Wildman–Crippen LogP) is 3.24. The number of benzene rings is 1. The van der Waals surface area contributed by atoms with E-state index in [1.807, 2.05) is 30.3 Å². The first-order chi connectivity index (χ1) is 8.17. The molecule has 17 heavy (non-hydrogen) atoms. The lowest BCUT2D eigenvalue weighted by Gasteiger charge is -2.18. The van der Waals surface area contributed by atoms with Gasteiger partial charge in [-0.1, -0.05) is 44.9 Å². The van der Waals surface area contributed by atoms with Crippen LogP contribution in [0.4, 0.5) is 5.69 Å². The Kier molecular flexibility index (Phi) is 5.53. The van der Waals surface area contributed by atoms with Crippen LogP contribution in [0, 0.1) is 5.92 Å². The Labute approximate surface area is 104 Å². The summed E-state index contributed by atoms with van der Waals surface area (Å²) in [5.41, 5.74) is 6.87. The third-order valence-corrected chi connectivity index (χ3v) is 3.12. The van der Waals surface area contributed by atoms with Gasteiger partial charge in [-0.3, -0.25) is 0 Å². The van der Waals surface area contributed by atoms with Gasteiger partial charge < -0.3 is 11.1 Å². The Morgan fingerprint density at radius 3 is 2.35 bits per heavy atom. The van der Waals surface area contributed by atoms with Crippen LogP contribution in [-0.2, 0) is 0 Å². The molecule has 3 N–H and O–H groups in total. The van der Waals surface area contributed by atoms with Crippen molar-refractivity contribution in [3.63, 3.8) is 0 Å². The van der Waals surface area contributed by atoms with Crippen LogP contribution in [-0.4, -0.2) is 12.0 Å². The van der Waals surface area contributed by atoms with Crippen LogP contribution < -0.4 is 11.1 Å². The minimum Gasteiger partial charge on any atom is -0.370 e. The second-order valence-corrected chi connectivity index (χ2v) is 4.32. The molecule has 0 saturated carbocycles. The summed E-state index contributed by atoms with van der Waals surface area (Å²) < 4.78 is 0. The average molecular weight is 233 g/mol. The van der Waals surface area contributed by atoms with E-state index >= 15 is 0 Å². The Hall–Kier alpha value is -1.51. The summed E-state index contributed by atoms with van der Waals surface area (Å²) in [4.78, 5) is 4.50. The molecule has 0 aliphatic rings. The molecule has 0 bridgehead atoms. The molecule has 0 amide bonds. The molecule has 0 heterocycles. The lowest BCUT2D eigenvalue weighted by atomic mass is 9.96. The highest BCUT2D eigenvalue weighted by Gasteiger charge is 2.12. The first-order valence-corrected chi connectivity index (χ1v) is 6.32. The molecule has 1 aromatic rings. The smallest absolute Gasteiger partial charge is 0.193 e. The first kappa shape index (κ1) is 13.6. The summed E-state index contributed by atoms with van der Waals surface area (Å²) in [6, 6.07) is 10.1. The quantitative estimate of drug-likeness (QED) is 0.606. The predicted molar refractivity (Wildman–Crippen MR) is 75.2 cm³/mol. The van der Waals surface area contributed by atoms with Gasteiger partial charge in [0.15, 0.2) is 5.96 Å². The largest absolute Gasteiger partial charge is 0.370 e. The normalized spacial score (nSPS) is 13.8. The molecular formula is C14H23N3. The molecule has 3 nitrogen and oxygen atoms in total. The fourth-order valence-corrected chi connectivity index (χ4v) is 2.00. The van der Waals surface area contributed by atoms with Gasteiger partial charge in [0.1, 0.15) is 0 Å². The van der Waals surface area contributed by atoms with Gasteiger partial charge in [0.2, 0.25) is 0 Å². The summed E-state index contributed by atoms with van der Waals surface area (Å²) >= 11 is 0. The number of rotatable bonds is 5. The molecule has 1 rings (SSSR count). The molecule has 94 valence electrons. The standard InChI is InChI=1S/C14H23N3/c1-4-12(5-2)11(3)16-14(15)17-13-9-7-6-8-10-13/h6-12H,4-5H2,1-3H3,(H3,15,16,17). The number of hydrogen-bond donors (Lipinski definition) is 2. The van der Waals surface area contributed by atoms with Crippen molar-refractivity contribution in [1.82, 2.24) is 0 Å². The van der Waals surface area contributed by atoms with Gasteiger partial charge in [0.25, 0.3) is 0 Å². The van der Waals surface area contributed by atoms with Crippen LogP contribution in [0.25, 0.3) is 0 Å². The molecule has 0 fully saturated rings. The first-order valence-electron chi connectivity index (χ1n) is 6.32. The van der Waals surface area contributed by atoms with E-state index in [9.17, 15) is 0 Å². The van der Waals surface area contributed by atoms with Crippen molar-refractivity contribution in [2.45, 2.75) is 39.7 Å². The highest BCUT2D eigenvalue weighted by molar-refractivity contribution is 5.92. The van der Waals surface area contributed by atoms with E-state index in [2.05, 4.69) is 31.1 Å². The molecule has 0 aliphatic carbocycles. The van der Waals surface area contributed by atoms with E-state index in [0.717, 1.165) is 18.5 Å². The van der Waals surface area contributed by atoms with Crippen molar-refractivity contribution < 1.29 is 0 Å². The van der Waals surface area contributed by atoms with Crippen molar-refractivity contribution in [3.05, 3.63) is 30.3 Å². The number of hydrogen-bond acceptors (Lipinski definition) is 1. The van der Waals surface area contributed by atoms with Crippen molar-refractivity contribution in [2.75, 3.05) is 5.32 Å². The monoisotopic (exact) mass is 233 g/mol. The van der Waals surface area contributed by atoms with Gasteiger partial charge >= 0.3 is 0 Å². The summed E-state index contributed by atoms with van der Waals surface area (Å²) in [5, 5.41) is 3.10. The number of nitrogens with zero attached hydrogens (tertiary/aromatic N) is 1. The van der Waals surface area contributed by atoms with Gasteiger partial charge in [-0.25, -0.2) is 4.99 Å². The number of aliphatic imine (C=N–C) groups is 1. The van der Waals surface area contributed by atoms with Crippen molar-refractivity contribution in [3.8, 4) is 0 Å². The summed E-state index contributed by atoms with van der Waals surface area (Å²) in [6.45, 7) is 6.51. The van der Waals surface area contributed by atoms with Crippen LogP contribution >= 0.6 is 0 Å². The topological polar surface area (TPSA) is 50.4 Å². The molecule has 1 unspecified atom stereocenters. The second-order valence-electron chi connectivity index (χ2n) is 4.32. The molecule has 0 spiro atoms. The zero-order valence-corrected chi connectivity index (χ0v) is 11.0. The Balaban J connectivity index is 2.60. The molecule has 1 atom stereocenters. The zero-order valence-electron chi connectivity index (χ0n) is 11.0. The lowest BCUT2D eigenvalue weighted by molar-refractivity contribution is 0.419. The maximum atomic E-state index is 5.89. The van der Waals surface area contributed by atoms with Crippen LogP contribution in [0.2, 0.25) is 0 Å².